The highest BCUT2D eigenvalue weighted by Gasteiger charge is 2.53. The van der Waals surface area contributed by atoms with Gasteiger partial charge in [0.2, 0.25) is 11.8 Å². The van der Waals surface area contributed by atoms with Gasteiger partial charge >= 0.3 is 0 Å². The fraction of sp³-hybridized carbons (Fsp3) is 0.692. The van der Waals surface area contributed by atoms with Gasteiger partial charge in [0.25, 0.3) is 0 Å². The molecule has 0 aromatic carbocycles. The molecule has 0 aromatic heterocycles. The zero-order chi connectivity index (χ0) is 11.8. The molecule has 16 heavy (non-hydrogen) atoms. The first-order valence-corrected chi connectivity index (χ1v) is 5.91. The monoisotopic (exact) mass is 219 g/mol. The molecule has 2 fully saturated rings. The van der Waals surface area contributed by atoms with Crippen LogP contribution in [0.1, 0.15) is 45.4 Å². The Balaban J connectivity index is 2.20. The van der Waals surface area contributed by atoms with Gasteiger partial charge in [0.05, 0.1) is 5.41 Å². The smallest absolute Gasteiger partial charge is 0.236 e. The van der Waals surface area contributed by atoms with Crippen molar-refractivity contribution in [2.45, 2.75) is 51.5 Å². The average molecular weight is 219 g/mol. The molecule has 3 nitrogen and oxygen atoms in total. The van der Waals surface area contributed by atoms with Crippen LogP contribution in [0.15, 0.2) is 0 Å². The molecule has 3 heteroatoms. The Morgan fingerprint density at radius 1 is 1.44 bits per heavy atom. The molecule has 2 aliphatic rings. The van der Waals surface area contributed by atoms with Gasteiger partial charge in [0.15, 0.2) is 0 Å². The fourth-order valence-corrected chi connectivity index (χ4v) is 2.97. The van der Waals surface area contributed by atoms with Crippen LogP contribution in [-0.4, -0.2) is 22.8 Å². The van der Waals surface area contributed by atoms with Crippen LogP contribution in [0.4, 0.5) is 0 Å². The van der Waals surface area contributed by atoms with E-state index >= 15 is 0 Å². The molecular formula is C13H17NO2. The molecule has 1 heterocycles. The Labute approximate surface area is 96.2 Å². The van der Waals surface area contributed by atoms with Crippen LogP contribution in [0.5, 0.6) is 0 Å². The maximum atomic E-state index is 12.3. The number of hydrogen-bond donors (Lipinski definition) is 0. The summed E-state index contributed by atoms with van der Waals surface area (Å²) < 4.78 is 0. The quantitative estimate of drug-likeness (QED) is 0.524. The third-order valence-corrected chi connectivity index (χ3v) is 3.85. The predicted octanol–water partition coefficient (Wildman–Crippen LogP) is 1.72. The maximum Gasteiger partial charge on any atom is 0.236 e. The van der Waals surface area contributed by atoms with E-state index in [-0.39, 0.29) is 23.3 Å². The van der Waals surface area contributed by atoms with Crippen LogP contribution < -0.4 is 0 Å². The molecule has 86 valence electrons. The van der Waals surface area contributed by atoms with Gasteiger partial charge in [-0.3, -0.25) is 14.5 Å². The molecule has 0 N–H and O–H groups in total. The Hall–Kier alpha value is -1.30. The number of rotatable bonds is 2. The topological polar surface area (TPSA) is 37.4 Å². The van der Waals surface area contributed by atoms with Gasteiger partial charge in [0, 0.05) is 18.9 Å². The summed E-state index contributed by atoms with van der Waals surface area (Å²) in [4.78, 5) is 25.6. The second-order valence-electron chi connectivity index (χ2n) is 4.99. The molecule has 1 aliphatic carbocycles. The van der Waals surface area contributed by atoms with Crippen molar-refractivity contribution in [2.75, 3.05) is 0 Å². The Bertz CT molecular complexity index is 361. The van der Waals surface area contributed by atoms with Crippen LogP contribution in [0.3, 0.4) is 0 Å². The number of likely N-dealkylation sites (tertiary alicyclic amines) is 1. The summed E-state index contributed by atoms with van der Waals surface area (Å²) in [5.74, 6) is 2.51. The number of nitrogens with zero attached hydrogens (tertiary/aromatic N) is 1. The third kappa shape index (κ3) is 1.53. The zero-order valence-electron chi connectivity index (χ0n) is 9.66. The van der Waals surface area contributed by atoms with Crippen LogP contribution in [0, 0.1) is 17.8 Å². The van der Waals surface area contributed by atoms with E-state index in [0.29, 0.717) is 12.8 Å². The fourth-order valence-electron chi connectivity index (χ4n) is 2.97. The molecule has 2 amide bonds. The highest BCUT2D eigenvalue weighted by atomic mass is 16.2. The van der Waals surface area contributed by atoms with Crippen molar-refractivity contribution in [3.63, 3.8) is 0 Å². The molecule has 0 aromatic rings. The highest BCUT2D eigenvalue weighted by molar-refractivity contribution is 6.06. The lowest BCUT2D eigenvalue weighted by Gasteiger charge is -2.24. The van der Waals surface area contributed by atoms with E-state index < -0.39 is 0 Å². The Kier molecular flexibility index (Phi) is 2.75. The van der Waals surface area contributed by atoms with Crippen molar-refractivity contribution in [2.24, 2.45) is 5.41 Å². The normalized spacial score (nSPS) is 25.1. The first-order chi connectivity index (χ1) is 7.60. The average Bonchev–Trinajstić information content (AvgIpc) is 2.76. The summed E-state index contributed by atoms with van der Waals surface area (Å²) >= 11 is 0. The van der Waals surface area contributed by atoms with E-state index in [0.717, 1.165) is 25.7 Å². The zero-order valence-corrected chi connectivity index (χ0v) is 9.66. The molecule has 1 aliphatic heterocycles. The lowest BCUT2D eigenvalue weighted by molar-refractivity contribution is -0.143. The molecular weight excluding hydrogens is 202 g/mol. The second-order valence-corrected chi connectivity index (χ2v) is 4.99. The van der Waals surface area contributed by atoms with E-state index in [2.05, 4.69) is 5.92 Å². The summed E-state index contributed by atoms with van der Waals surface area (Å²) in [5.41, 5.74) is -0.361. The summed E-state index contributed by atoms with van der Waals surface area (Å²) in [7, 11) is 0. The van der Waals surface area contributed by atoms with Crippen LogP contribution in [0.25, 0.3) is 0 Å². The summed E-state index contributed by atoms with van der Waals surface area (Å²) in [6, 6.07) is -0.148. The van der Waals surface area contributed by atoms with Crippen molar-refractivity contribution in [1.82, 2.24) is 4.90 Å². The first-order valence-electron chi connectivity index (χ1n) is 5.91. The molecule has 0 radical (unpaired) electrons. The van der Waals surface area contributed by atoms with E-state index in [1.54, 1.807) is 0 Å². The third-order valence-electron chi connectivity index (χ3n) is 3.85. The van der Waals surface area contributed by atoms with Crippen molar-refractivity contribution < 1.29 is 9.59 Å². The first kappa shape index (κ1) is 11.2. The lowest BCUT2D eigenvalue weighted by Crippen LogP contribution is -2.40. The summed E-state index contributed by atoms with van der Waals surface area (Å²) in [6.07, 6.45) is 9.96. The van der Waals surface area contributed by atoms with E-state index in [1.165, 1.54) is 4.90 Å². The van der Waals surface area contributed by atoms with Crippen LogP contribution in [-0.2, 0) is 9.59 Å². The van der Waals surface area contributed by atoms with Gasteiger partial charge < -0.3 is 0 Å². The second kappa shape index (κ2) is 3.93. The SMILES string of the molecule is C#CCC(C)N1C(=O)CC2(CCCC2)C1=O. The van der Waals surface area contributed by atoms with Crippen molar-refractivity contribution >= 4 is 11.8 Å². The Morgan fingerprint density at radius 2 is 2.06 bits per heavy atom. The number of carbonyl (C=O) groups excluding carboxylic acids is 2. The maximum absolute atomic E-state index is 12.3. The van der Waals surface area contributed by atoms with Crippen molar-refractivity contribution in [3.05, 3.63) is 0 Å². The molecule has 2 rings (SSSR count). The lowest BCUT2D eigenvalue weighted by atomic mass is 9.84. The summed E-state index contributed by atoms with van der Waals surface area (Å²) in [6.45, 7) is 1.85. The van der Waals surface area contributed by atoms with Gasteiger partial charge in [-0.25, -0.2) is 0 Å². The van der Waals surface area contributed by atoms with Gasteiger partial charge in [-0.2, -0.15) is 0 Å². The van der Waals surface area contributed by atoms with Gasteiger partial charge in [-0.05, 0) is 19.8 Å². The van der Waals surface area contributed by atoms with Gasteiger partial charge in [-0.1, -0.05) is 12.8 Å². The molecule has 1 atom stereocenters. The van der Waals surface area contributed by atoms with E-state index in [9.17, 15) is 9.59 Å². The standard InChI is InChI=1S/C13H17NO2/c1-3-6-10(2)14-11(15)9-13(12(14)16)7-4-5-8-13/h1,10H,4-9H2,2H3. The molecule has 1 saturated heterocycles. The van der Waals surface area contributed by atoms with Crippen LogP contribution in [0.2, 0.25) is 0 Å². The highest BCUT2D eigenvalue weighted by Crippen LogP contribution is 2.47. The van der Waals surface area contributed by atoms with Gasteiger partial charge in [0.1, 0.15) is 0 Å². The van der Waals surface area contributed by atoms with Crippen molar-refractivity contribution in [1.29, 1.82) is 0 Å². The molecule has 1 unspecified atom stereocenters. The molecule has 1 saturated carbocycles. The number of hydrogen-bond acceptors (Lipinski definition) is 2. The minimum atomic E-state index is -0.361. The van der Waals surface area contributed by atoms with E-state index in [1.807, 2.05) is 6.92 Å². The van der Waals surface area contributed by atoms with E-state index in [4.69, 9.17) is 6.42 Å². The largest absolute Gasteiger partial charge is 0.278 e. The van der Waals surface area contributed by atoms with Crippen molar-refractivity contribution in [3.8, 4) is 12.3 Å². The number of imide groups is 1. The minimum absolute atomic E-state index is 0.0257. The van der Waals surface area contributed by atoms with Gasteiger partial charge in [-0.15, -0.1) is 12.3 Å². The summed E-state index contributed by atoms with van der Waals surface area (Å²) in [5, 5.41) is 0. The predicted molar refractivity (Wildman–Crippen MR) is 60.3 cm³/mol. The van der Waals surface area contributed by atoms with Crippen LogP contribution >= 0.6 is 0 Å². The number of carbonyl (C=O) groups is 2. The minimum Gasteiger partial charge on any atom is -0.278 e. The number of amides is 2. The number of terminal acetylenes is 1. The molecule has 0 bridgehead atoms. The molecule has 1 spiro atoms. The Morgan fingerprint density at radius 3 is 2.62 bits per heavy atom.